The molecule has 7 nitrogen and oxygen atoms in total. The Morgan fingerprint density at radius 1 is 1.10 bits per heavy atom. The van der Waals surface area contributed by atoms with E-state index in [1.165, 1.54) is 21.9 Å². The van der Waals surface area contributed by atoms with Crippen molar-refractivity contribution < 1.29 is 23.9 Å². The number of amides is 2. The molecular formula is C20H16Cl2N2O5S. The van der Waals surface area contributed by atoms with Crippen molar-refractivity contribution >= 4 is 51.2 Å². The van der Waals surface area contributed by atoms with E-state index < -0.39 is 6.23 Å². The number of hydrogen-bond acceptors (Lipinski definition) is 6. The Hall–Kier alpha value is -2.26. The molecule has 0 spiro atoms. The van der Waals surface area contributed by atoms with Gasteiger partial charge in [0.25, 0.3) is 11.1 Å². The highest BCUT2D eigenvalue weighted by atomic mass is 35.5. The second-order valence-corrected chi connectivity index (χ2v) is 8.40. The normalized spacial score (nSPS) is 18.6. The fourth-order valence-electron chi connectivity index (χ4n) is 3.14. The van der Waals surface area contributed by atoms with Gasteiger partial charge >= 0.3 is 0 Å². The summed E-state index contributed by atoms with van der Waals surface area (Å²) in [6, 6.07) is 12.3. The zero-order chi connectivity index (χ0) is 21.3. The lowest BCUT2D eigenvalue weighted by Gasteiger charge is -2.30. The zero-order valence-electron chi connectivity index (χ0n) is 15.5. The van der Waals surface area contributed by atoms with Crippen molar-refractivity contribution in [2.75, 3.05) is 19.9 Å². The molecule has 0 aromatic heterocycles. The van der Waals surface area contributed by atoms with Crippen LogP contribution in [0.3, 0.4) is 0 Å². The number of halogens is 2. The summed E-state index contributed by atoms with van der Waals surface area (Å²) in [5, 5.41) is -0.162. The molecule has 0 bridgehead atoms. The molecule has 0 saturated carbocycles. The molecule has 2 amide bonds. The van der Waals surface area contributed by atoms with E-state index in [2.05, 4.69) is 0 Å². The molecule has 2 heterocycles. The Kier molecular flexibility index (Phi) is 6.19. The highest BCUT2D eigenvalue weighted by Gasteiger charge is 2.40. The van der Waals surface area contributed by atoms with Crippen molar-refractivity contribution in [1.29, 1.82) is 0 Å². The van der Waals surface area contributed by atoms with Gasteiger partial charge in [-0.3, -0.25) is 19.3 Å². The van der Waals surface area contributed by atoms with Gasteiger partial charge in [-0.1, -0.05) is 53.5 Å². The molecule has 1 saturated heterocycles. The van der Waals surface area contributed by atoms with Crippen LogP contribution in [0.15, 0.2) is 42.5 Å². The predicted octanol–water partition coefficient (Wildman–Crippen LogP) is 4.02. The first-order chi connectivity index (χ1) is 14.4. The van der Waals surface area contributed by atoms with Crippen molar-refractivity contribution in [3.05, 3.63) is 63.6 Å². The van der Waals surface area contributed by atoms with E-state index in [1.807, 2.05) is 30.3 Å². The van der Waals surface area contributed by atoms with Crippen LogP contribution in [0.2, 0.25) is 10.0 Å². The van der Waals surface area contributed by atoms with Crippen LogP contribution >= 0.6 is 35.0 Å². The van der Waals surface area contributed by atoms with E-state index in [-0.39, 0.29) is 47.7 Å². The van der Waals surface area contributed by atoms with Gasteiger partial charge in [0.15, 0.2) is 6.73 Å². The van der Waals surface area contributed by atoms with Gasteiger partial charge in [-0.2, -0.15) is 0 Å². The molecule has 2 aliphatic heterocycles. The second kappa shape index (κ2) is 8.85. The molecule has 1 fully saturated rings. The number of carbonyl (C=O) groups is 3. The van der Waals surface area contributed by atoms with Gasteiger partial charge in [-0.25, -0.2) is 0 Å². The fourth-order valence-corrected chi connectivity index (χ4v) is 4.20. The third kappa shape index (κ3) is 4.27. The SMILES string of the molecule is O=C1SC(=O)N(Cc2ccccc2)C1OCCN1COc2cc(Cl)c(Cl)cc2C1=O. The number of hydrogen-bond donors (Lipinski definition) is 0. The minimum atomic E-state index is -0.996. The summed E-state index contributed by atoms with van der Waals surface area (Å²) in [5.74, 6) is 0.0938. The predicted molar refractivity (Wildman–Crippen MR) is 113 cm³/mol. The molecule has 0 aliphatic carbocycles. The lowest BCUT2D eigenvalue weighted by molar-refractivity contribution is -0.130. The zero-order valence-corrected chi connectivity index (χ0v) is 17.9. The van der Waals surface area contributed by atoms with Crippen molar-refractivity contribution in [3.8, 4) is 5.75 Å². The molecule has 2 aromatic carbocycles. The van der Waals surface area contributed by atoms with Crippen LogP contribution in [0.4, 0.5) is 4.79 Å². The lowest BCUT2D eigenvalue weighted by atomic mass is 10.1. The van der Waals surface area contributed by atoms with E-state index in [1.54, 1.807) is 0 Å². The maximum atomic E-state index is 12.7. The average molecular weight is 467 g/mol. The number of rotatable bonds is 6. The standard InChI is InChI=1S/C20H16Cl2N2O5S/c21-14-8-13-16(9-15(14)22)29-11-23(17(13)25)6-7-28-18-19(26)30-20(27)24(18)10-12-4-2-1-3-5-12/h1-5,8-9,18H,6-7,10-11H2. The van der Waals surface area contributed by atoms with E-state index >= 15 is 0 Å². The molecule has 0 radical (unpaired) electrons. The Labute approximate surface area is 186 Å². The third-order valence-electron chi connectivity index (χ3n) is 4.66. The summed E-state index contributed by atoms with van der Waals surface area (Å²) in [6.07, 6.45) is -0.996. The third-order valence-corrected chi connectivity index (χ3v) is 6.19. The number of fused-ring (bicyclic) bond motifs is 1. The van der Waals surface area contributed by atoms with Crippen molar-refractivity contribution in [2.45, 2.75) is 12.8 Å². The number of carbonyl (C=O) groups excluding carboxylic acids is 3. The molecule has 1 atom stereocenters. The van der Waals surface area contributed by atoms with E-state index in [9.17, 15) is 14.4 Å². The van der Waals surface area contributed by atoms with E-state index in [0.29, 0.717) is 28.1 Å². The molecule has 10 heteroatoms. The first-order valence-corrected chi connectivity index (χ1v) is 10.6. The Balaban J connectivity index is 1.38. The average Bonchev–Trinajstić information content (AvgIpc) is 2.99. The van der Waals surface area contributed by atoms with Gasteiger partial charge < -0.3 is 14.4 Å². The summed E-state index contributed by atoms with van der Waals surface area (Å²) in [6.45, 7) is 0.524. The van der Waals surface area contributed by atoms with Gasteiger partial charge in [-0.05, 0) is 11.6 Å². The maximum Gasteiger partial charge on any atom is 0.292 e. The van der Waals surface area contributed by atoms with Crippen LogP contribution in [-0.4, -0.2) is 52.2 Å². The number of ether oxygens (including phenoxy) is 2. The molecule has 2 aliphatic rings. The topological polar surface area (TPSA) is 76.2 Å². The molecular weight excluding hydrogens is 451 g/mol. The van der Waals surface area contributed by atoms with E-state index in [0.717, 1.165) is 5.56 Å². The second-order valence-electron chi connectivity index (χ2n) is 6.63. The quantitative estimate of drug-likeness (QED) is 0.639. The van der Waals surface area contributed by atoms with Crippen LogP contribution in [0, 0.1) is 0 Å². The van der Waals surface area contributed by atoms with Crippen molar-refractivity contribution in [2.24, 2.45) is 0 Å². The first kappa shape index (κ1) is 21.0. The summed E-state index contributed by atoms with van der Waals surface area (Å²) >= 11 is 12.6. The van der Waals surface area contributed by atoms with Gasteiger partial charge in [0.1, 0.15) is 5.75 Å². The Morgan fingerprint density at radius 2 is 1.83 bits per heavy atom. The summed E-state index contributed by atoms with van der Waals surface area (Å²) in [5.41, 5.74) is 1.20. The largest absolute Gasteiger partial charge is 0.472 e. The van der Waals surface area contributed by atoms with Crippen molar-refractivity contribution in [1.82, 2.24) is 9.80 Å². The number of thioether (sulfide) groups is 1. The summed E-state index contributed by atoms with van der Waals surface area (Å²) in [4.78, 5) is 39.9. The van der Waals surface area contributed by atoms with Gasteiger partial charge in [0.2, 0.25) is 11.3 Å². The molecule has 30 heavy (non-hydrogen) atoms. The smallest absolute Gasteiger partial charge is 0.292 e. The Morgan fingerprint density at radius 3 is 2.60 bits per heavy atom. The van der Waals surface area contributed by atoms with Crippen LogP contribution < -0.4 is 4.74 Å². The molecule has 2 aromatic rings. The molecule has 0 N–H and O–H groups in total. The highest BCUT2D eigenvalue weighted by molar-refractivity contribution is 8.26. The summed E-state index contributed by atoms with van der Waals surface area (Å²) in [7, 11) is 0. The number of nitrogens with zero attached hydrogens (tertiary/aromatic N) is 2. The molecule has 1 unspecified atom stereocenters. The van der Waals surface area contributed by atoms with Crippen molar-refractivity contribution in [3.63, 3.8) is 0 Å². The van der Waals surface area contributed by atoms with Gasteiger partial charge in [0, 0.05) is 30.9 Å². The van der Waals surface area contributed by atoms with Gasteiger partial charge in [-0.15, -0.1) is 0 Å². The van der Waals surface area contributed by atoms with Crippen LogP contribution in [-0.2, 0) is 16.1 Å². The maximum absolute atomic E-state index is 12.7. The first-order valence-electron chi connectivity index (χ1n) is 9.03. The highest BCUT2D eigenvalue weighted by Crippen LogP contribution is 2.34. The number of benzene rings is 2. The summed E-state index contributed by atoms with van der Waals surface area (Å²) < 4.78 is 11.3. The monoisotopic (exact) mass is 466 g/mol. The molecule has 4 rings (SSSR count). The minimum Gasteiger partial charge on any atom is -0.472 e. The van der Waals surface area contributed by atoms with Crippen LogP contribution in [0.25, 0.3) is 0 Å². The Bertz CT molecular complexity index is 1000. The molecule has 156 valence electrons. The minimum absolute atomic E-state index is 0.0210. The fraction of sp³-hybridized carbons (Fsp3) is 0.250. The van der Waals surface area contributed by atoms with E-state index in [4.69, 9.17) is 32.7 Å². The lowest BCUT2D eigenvalue weighted by Crippen LogP contribution is -2.43. The van der Waals surface area contributed by atoms with Crippen LogP contribution in [0.5, 0.6) is 5.75 Å². The van der Waals surface area contributed by atoms with Crippen LogP contribution in [0.1, 0.15) is 15.9 Å². The van der Waals surface area contributed by atoms with Gasteiger partial charge in [0.05, 0.1) is 22.2 Å².